The number of piperazine rings is 1. The third-order valence-electron chi connectivity index (χ3n) is 5.49. The molecule has 0 spiro atoms. The van der Waals surface area contributed by atoms with E-state index in [1.165, 1.54) is 0 Å². The Morgan fingerprint density at radius 1 is 0.935 bits per heavy atom. The quantitative estimate of drug-likeness (QED) is 0.479. The normalized spacial score (nSPS) is 14.4. The number of Topliss-reactive ketones (excluding diaryl/α,β-unsaturated/α-hetero) is 1. The maximum atomic E-state index is 12.4. The summed E-state index contributed by atoms with van der Waals surface area (Å²) in [6.07, 6.45) is 2.31. The molecule has 1 saturated heterocycles. The largest absolute Gasteiger partial charge is 0.487 e. The Kier molecular flexibility index (Phi) is 7.18. The van der Waals surface area contributed by atoms with Gasteiger partial charge in [0.05, 0.1) is 6.20 Å². The number of hydrogen-bond acceptors (Lipinski definition) is 5. The van der Waals surface area contributed by atoms with E-state index in [1.807, 2.05) is 42.5 Å². The zero-order chi connectivity index (χ0) is 21.5. The lowest BCUT2D eigenvalue weighted by molar-refractivity contribution is 0.0962. The van der Waals surface area contributed by atoms with E-state index in [1.54, 1.807) is 30.5 Å². The zero-order valence-electron chi connectivity index (χ0n) is 17.4. The number of hydrogen-bond donors (Lipinski definition) is 0. The molecule has 1 aliphatic heterocycles. The van der Waals surface area contributed by atoms with Crippen LogP contribution in [0.4, 0.5) is 5.82 Å². The first-order chi connectivity index (χ1) is 15.2. The number of aromatic nitrogens is 1. The van der Waals surface area contributed by atoms with Crippen LogP contribution in [0, 0.1) is 0 Å². The average molecular weight is 436 g/mol. The van der Waals surface area contributed by atoms with Crippen molar-refractivity contribution in [2.75, 3.05) is 37.6 Å². The van der Waals surface area contributed by atoms with Crippen LogP contribution in [-0.2, 0) is 6.61 Å². The Balaban J connectivity index is 1.21. The second-order valence-electron chi connectivity index (χ2n) is 7.64. The second kappa shape index (κ2) is 10.4. The monoisotopic (exact) mass is 435 g/mol. The first-order valence-corrected chi connectivity index (χ1v) is 10.9. The van der Waals surface area contributed by atoms with E-state index in [0.717, 1.165) is 55.4 Å². The molecule has 0 radical (unpaired) electrons. The number of ketones is 1. The third-order valence-corrected chi connectivity index (χ3v) is 5.74. The van der Waals surface area contributed by atoms with Gasteiger partial charge in [-0.3, -0.25) is 9.69 Å². The van der Waals surface area contributed by atoms with Crippen molar-refractivity contribution in [1.82, 2.24) is 9.88 Å². The average Bonchev–Trinajstić information content (AvgIpc) is 2.83. The first kappa shape index (κ1) is 21.3. The molecule has 1 fully saturated rings. The van der Waals surface area contributed by atoms with Gasteiger partial charge in [0.1, 0.15) is 18.2 Å². The maximum Gasteiger partial charge on any atom is 0.164 e. The summed E-state index contributed by atoms with van der Waals surface area (Å²) in [4.78, 5) is 21.5. The number of pyridine rings is 1. The Bertz CT molecular complexity index is 970. The minimum absolute atomic E-state index is 0.159. The van der Waals surface area contributed by atoms with Crippen molar-refractivity contribution >= 4 is 23.2 Å². The number of ether oxygens (including phenoxy) is 1. The Morgan fingerprint density at radius 2 is 1.68 bits per heavy atom. The summed E-state index contributed by atoms with van der Waals surface area (Å²) < 4.78 is 5.82. The number of benzene rings is 2. The fraction of sp³-hybridized carbons (Fsp3) is 0.280. The van der Waals surface area contributed by atoms with E-state index in [2.05, 4.69) is 14.8 Å². The van der Waals surface area contributed by atoms with Gasteiger partial charge in [-0.1, -0.05) is 41.9 Å². The van der Waals surface area contributed by atoms with Crippen molar-refractivity contribution < 1.29 is 9.53 Å². The fourth-order valence-electron chi connectivity index (χ4n) is 3.63. The SMILES string of the molecule is O=C(CCN1CCN(c2ccc(OCc3ccccc3)cn2)CC1)c1ccc(Cl)cc1. The van der Waals surface area contributed by atoms with Gasteiger partial charge in [-0.05, 0) is 42.0 Å². The summed E-state index contributed by atoms with van der Waals surface area (Å²) in [7, 11) is 0. The highest BCUT2D eigenvalue weighted by molar-refractivity contribution is 6.30. The molecule has 1 aromatic heterocycles. The van der Waals surface area contributed by atoms with Crippen molar-refractivity contribution in [1.29, 1.82) is 0 Å². The summed E-state index contributed by atoms with van der Waals surface area (Å²) >= 11 is 5.89. The summed E-state index contributed by atoms with van der Waals surface area (Å²) in [5.41, 5.74) is 1.86. The Hall–Kier alpha value is -2.89. The molecule has 4 rings (SSSR count). The van der Waals surface area contributed by atoms with Crippen molar-refractivity contribution in [2.45, 2.75) is 13.0 Å². The zero-order valence-corrected chi connectivity index (χ0v) is 18.2. The van der Waals surface area contributed by atoms with Crippen LogP contribution < -0.4 is 9.64 Å². The number of anilines is 1. The van der Waals surface area contributed by atoms with Gasteiger partial charge in [0, 0.05) is 49.7 Å². The number of nitrogens with zero attached hydrogens (tertiary/aromatic N) is 3. The van der Waals surface area contributed by atoms with Gasteiger partial charge in [0.15, 0.2) is 5.78 Å². The molecular formula is C25H26ClN3O2. The van der Waals surface area contributed by atoms with E-state index in [0.29, 0.717) is 18.1 Å². The number of rotatable bonds is 8. The van der Waals surface area contributed by atoms with Crippen LogP contribution in [0.15, 0.2) is 72.9 Å². The molecule has 0 aliphatic carbocycles. The van der Waals surface area contributed by atoms with Gasteiger partial charge in [-0.25, -0.2) is 4.98 Å². The van der Waals surface area contributed by atoms with Crippen LogP contribution in [-0.4, -0.2) is 48.4 Å². The fourth-order valence-corrected chi connectivity index (χ4v) is 3.75. The summed E-state index contributed by atoms with van der Waals surface area (Å²) in [6, 6.07) is 21.2. The minimum Gasteiger partial charge on any atom is -0.487 e. The van der Waals surface area contributed by atoms with Gasteiger partial charge in [0.2, 0.25) is 0 Å². The van der Waals surface area contributed by atoms with Gasteiger partial charge < -0.3 is 9.64 Å². The summed E-state index contributed by atoms with van der Waals surface area (Å²) in [5.74, 6) is 1.89. The number of carbonyl (C=O) groups is 1. The Labute approximate surface area is 188 Å². The van der Waals surface area contributed by atoms with Gasteiger partial charge >= 0.3 is 0 Å². The van der Waals surface area contributed by atoms with Crippen molar-refractivity contribution in [3.63, 3.8) is 0 Å². The maximum absolute atomic E-state index is 12.4. The van der Waals surface area contributed by atoms with Gasteiger partial charge in [-0.2, -0.15) is 0 Å². The summed E-state index contributed by atoms with van der Waals surface area (Å²) in [5, 5.41) is 0.650. The van der Waals surface area contributed by atoms with Crippen LogP contribution in [0.5, 0.6) is 5.75 Å². The van der Waals surface area contributed by atoms with E-state index >= 15 is 0 Å². The van der Waals surface area contributed by atoms with E-state index in [9.17, 15) is 4.79 Å². The standard InChI is InChI=1S/C25H26ClN3O2/c26-22-8-6-21(7-9-22)24(30)12-13-28-14-16-29(17-15-28)25-11-10-23(18-27-25)31-19-20-4-2-1-3-5-20/h1-11,18H,12-17,19H2. The van der Waals surface area contributed by atoms with Crippen molar-refractivity contribution in [3.05, 3.63) is 89.1 Å². The van der Waals surface area contributed by atoms with Crippen molar-refractivity contribution in [3.8, 4) is 5.75 Å². The molecule has 0 atom stereocenters. The lowest BCUT2D eigenvalue weighted by atomic mass is 10.1. The molecule has 0 N–H and O–H groups in total. The van der Waals surface area contributed by atoms with Crippen LogP contribution in [0.3, 0.4) is 0 Å². The molecule has 2 aromatic carbocycles. The smallest absolute Gasteiger partial charge is 0.164 e. The predicted octanol–water partition coefficient (Wildman–Crippen LogP) is 4.71. The highest BCUT2D eigenvalue weighted by atomic mass is 35.5. The topological polar surface area (TPSA) is 45.7 Å². The molecule has 3 aromatic rings. The van der Waals surface area contributed by atoms with Crippen LogP contribution in [0.1, 0.15) is 22.3 Å². The molecule has 0 amide bonds. The number of halogens is 1. The highest BCUT2D eigenvalue weighted by Crippen LogP contribution is 2.19. The molecular weight excluding hydrogens is 410 g/mol. The van der Waals surface area contributed by atoms with E-state index in [-0.39, 0.29) is 5.78 Å². The lowest BCUT2D eigenvalue weighted by Gasteiger charge is -2.35. The molecule has 0 unspecified atom stereocenters. The van der Waals surface area contributed by atoms with Crippen molar-refractivity contribution in [2.24, 2.45) is 0 Å². The summed E-state index contributed by atoms with van der Waals surface area (Å²) in [6.45, 7) is 4.94. The molecule has 0 saturated carbocycles. The molecule has 160 valence electrons. The van der Waals surface area contributed by atoms with Gasteiger partial charge in [0.25, 0.3) is 0 Å². The van der Waals surface area contributed by atoms with Crippen LogP contribution in [0.25, 0.3) is 0 Å². The van der Waals surface area contributed by atoms with Crippen LogP contribution >= 0.6 is 11.6 Å². The molecule has 2 heterocycles. The molecule has 31 heavy (non-hydrogen) atoms. The second-order valence-corrected chi connectivity index (χ2v) is 8.07. The first-order valence-electron chi connectivity index (χ1n) is 10.6. The molecule has 0 bridgehead atoms. The van der Waals surface area contributed by atoms with Crippen LogP contribution in [0.2, 0.25) is 5.02 Å². The van der Waals surface area contributed by atoms with Gasteiger partial charge in [-0.15, -0.1) is 0 Å². The minimum atomic E-state index is 0.159. The van der Waals surface area contributed by atoms with E-state index in [4.69, 9.17) is 16.3 Å². The lowest BCUT2D eigenvalue weighted by Crippen LogP contribution is -2.47. The molecule has 5 nitrogen and oxygen atoms in total. The molecule has 1 aliphatic rings. The van der Waals surface area contributed by atoms with E-state index < -0.39 is 0 Å². The Morgan fingerprint density at radius 3 is 2.35 bits per heavy atom. The number of carbonyl (C=O) groups excluding carboxylic acids is 1. The molecule has 6 heteroatoms. The predicted molar refractivity (Wildman–Crippen MR) is 124 cm³/mol. The highest BCUT2D eigenvalue weighted by Gasteiger charge is 2.19. The third kappa shape index (κ3) is 6.06.